The maximum atomic E-state index is 4.62. The smallest absolute Gasteiger partial charge is 0.191 e. The van der Waals surface area contributed by atoms with Crippen LogP contribution in [-0.4, -0.2) is 20.0 Å². The molecule has 0 radical (unpaired) electrons. The largest absolute Gasteiger partial charge is 0.303 e. The van der Waals surface area contributed by atoms with E-state index in [0.717, 1.165) is 11.7 Å². The van der Waals surface area contributed by atoms with Gasteiger partial charge in [-0.05, 0) is 37.1 Å². The molecule has 4 rings (SSSR count). The second-order valence-electron chi connectivity index (χ2n) is 6.84. The Kier molecular flexibility index (Phi) is 5.04. The minimum absolute atomic E-state index is 0.623. The lowest BCUT2D eigenvalue weighted by atomic mass is 9.95. The van der Waals surface area contributed by atoms with Crippen molar-refractivity contribution in [1.29, 1.82) is 0 Å². The minimum Gasteiger partial charge on any atom is -0.303 e. The normalized spacial score (nSPS) is 20.3. The van der Waals surface area contributed by atoms with Gasteiger partial charge in [0.05, 0.1) is 0 Å². The van der Waals surface area contributed by atoms with Crippen LogP contribution in [0.2, 0.25) is 0 Å². The van der Waals surface area contributed by atoms with E-state index >= 15 is 0 Å². The molecule has 0 atom stereocenters. The topological polar surface area (TPSA) is 30.7 Å². The van der Waals surface area contributed by atoms with E-state index in [1.165, 1.54) is 73.6 Å². The standard InChI is InChI=1S/C18H25N3S2/c1-2-7-14(8-3-1)21-17(13-16-11-6-12-22-16)19-20-18(21)23-15-9-4-5-10-15/h6,11-12,14-15H,1-5,7-10,13H2. The van der Waals surface area contributed by atoms with Gasteiger partial charge in [-0.25, -0.2) is 0 Å². The van der Waals surface area contributed by atoms with E-state index in [-0.39, 0.29) is 0 Å². The molecule has 124 valence electrons. The first-order valence-electron chi connectivity index (χ1n) is 9.03. The zero-order chi connectivity index (χ0) is 15.5. The summed E-state index contributed by atoms with van der Waals surface area (Å²) in [5, 5.41) is 13.3. The maximum absolute atomic E-state index is 4.62. The Bertz CT molecular complexity index is 608. The van der Waals surface area contributed by atoms with Gasteiger partial charge in [0, 0.05) is 22.6 Å². The molecule has 0 spiro atoms. The van der Waals surface area contributed by atoms with Crippen molar-refractivity contribution in [1.82, 2.24) is 14.8 Å². The zero-order valence-corrected chi connectivity index (χ0v) is 15.2. The van der Waals surface area contributed by atoms with Gasteiger partial charge in [0.15, 0.2) is 5.16 Å². The molecule has 0 amide bonds. The van der Waals surface area contributed by atoms with E-state index in [1.807, 2.05) is 23.1 Å². The number of thioether (sulfide) groups is 1. The first-order valence-corrected chi connectivity index (χ1v) is 10.8. The molecule has 0 saturated heterocycles. The molecule has 2 aromatic rings. The Balaban J connectivity index is 1.60. The minimum atomic E-state index is 0.623. The van der Waals surface area contributed by atoms with Crippen molar-refractivity contribution in [2.45, 2.75) is 80.7 Å². The van der Waals surface area contributed by atoms with Crippen molar-refractivity contribution in [3.8, 4) is 0 Å². The number of nitrogens with zero attached hydrogens (tertiary/aromatic N) is 3. The van der Waals surface area contributed by atoms with Crippen LogP contribution in [0, 0.1) is 0 Å². The fourth-order valence-electron chi connectivity index (χ4n) is 3.94. The summed E-state index contributed by atoms with van der Waals surface area (Å²) in [5.74, 6) is 1.18. The lowest BCUT2D eigenvalue weighted by Crippen LogP contribution is -2.17. The van der Waals surface area contributed by atoms with Crippen LogP contribution in [0.4, 0.5) is 0 Å². The third-order valence-electron chi connectivity index (χ3n) is 5.16. The fraction of sp³-hybridized carbons (Fsp3) is 0.667. The highest BCUT2D eigenvalue weighted by Crippen LogP contribution is 2.38. The van der Waals surface area contributed by atoms with Gasteiger partial charge < -0.3 is 4.57 Å². The lowest BCUT2D eigenvalue weighted by Gasteiger charge is -2.26. The second-order valence-corrected chi connectivity index (χ2v) is 9.14. The monoisotopic (exact) mass is 347 g/mol. The van der Waals surface area contributed by atoms with Gasteiger partial charge in [-0.2, -0.15) is 0 Å². The Hall–Kier alpha value is -0.810. The Labute approximate surface area is 146 Å². The molecule has 0 unspecified atom stereocenters. The van der Waals surface area contributed by atoms with Crippen molar-refractivity contribution >= 4 is 23.1 Å². The van der Waals surface area contributed by atoms with Crippen LogP contribution in [0.3, 0.4) is 0 Å². The van der Waals surface area contributed by atoms with Crippen LogP contribution in [0.1, 0.15) is 74.5 Å². The van der Waals surface area contributed by atoms with Crippen LogP contribution in [-0.2, 0) is 6.42 Å². The Morgan fingerprint density at radius 1 is 1.04 bits per heavy atom. The molecule has 2 saturated carbocycles. The quantitative estimate of drug-likeness (QED) is 0.718. The zero-order valence-electron chi connectivity index (χ0n) is 13.6. The number of aromatic nitrogens is 3. The molecule has 2 heterocycles. The fourth-order valence-corrected chi connectivity index (χ4v) is 5.96. The molecule has 2 aromatic heterocycles. The summed E-state index contributed by atoms with van der Waals surface area (Å²) < 4.78 is 2.52. The summed E-state index contributed by atoms with van der Waals surface area (Å²) in [5.41, 5.74) is 0. The average Bonchev–Trinajstić information content (AvgIpc) is 3.32. The summed E-state index contributed by atoms with van der Waals surface area (Å²) in [4.78, 5) is 1.40. The molecule has 2 aliphatic carbocycles. The van der Waals surface area contributed by atoms with Gasteiger partial charge in [0.1, 0.15) is 5.82 Å². The van der Waals surface area contributed by atoms with Gasteiger partial charge >= 0.3 is 0 Å². The van der Waals surface area contributed by atoms with Crippen molar-refractivity contribution in [3.05, 3.63) is 28.2 Å². The Morgan fingerprint density at radius 2 is 1.83 bits per heavy atom. The third kappa shape index (κ3) is 3.66. The molecule has 23 heavy (non-hydrogen) atoms. The van der Waals surface area contributed by atoms with Gasteiger partial charge in [0.2, 0.25) is 0 Å². The number of hydrogen-bond acceptors (Lipinski definition) is 4. The third-order valence-corrected chi connectivity index (χ3v) is 7.33. The second kappa shape index (κ2) is 7.39. The predicted octanol–water partition coefficient (Wildman–Crippen LogP) is 5.47. The van der Waals surface area contributed by atoms with E-state index in [1.54, 1.807) is 0 Å². The molecular weight excluding hydrogens is 322 g/mol. The maximum Gasteiger partial charge on any atom is 0.191 e. The van der Waals surface area contributed by atoms with Gasteiger partial charge in [0.25, 0.3) is 0 Å². The van der Waals surface area contributed by atoms with Crippen LogP contribution >= 0.6 is 23.1 Å². The molecule has 0 aromatic carbocycles. The average molecular weight is 348 g/mol. The van der Waals surface area contributed by atoms with Crippen LogP contribution in [0.5, 0.6) is 0 Å². The van der Waals surface area contributed by atoms with Crippen LogP contribution in [0.15, 0.2) is 22.7 Å². The molecular formula is C18H25N3S2. The van der Waals surface area contributed by atoms with E-state index in [0.29, 0.717) is 6.04 Å². The summed E-state index contributed by atoms with van der Waals surface area (Å²) in [6, 6.07) is 4.97. The van der Waals surface area contributed by atoms with Crippen molar-refractivity contribution in [2.75, 3.05) is 0 Å². The van der Waals surface area contributed by atoms with E-state index in [9.17, 15) is 0 Å². The number of thiophene rings is 1. The highest BCUT2D eigenvalue weighted by molar-refractivity contribution is 7.99. The van der Waals surface area contributed by atoms with Gasteiger partial charge in [-0.3, -0.25) is 0 Å². The van der Waals surface area contributed by atoms with Crippen molar-refractivity contribution < 1.29 is 0 Å². The summed E-state index contributed by atoms with van der Waals surface area (Å²) in [6.45, 7) is 0. The Morgan fingerprint density at radius 3 is 2.57 bits per heavy atom. The highest BCUT2D eigenvalue weighted by atomic mass is 32.2. The molecule has 2 fully saturated rings. The van der Waals surface area contributed by atoms with Crippen molar-refractivity contribution in [3.63, 3.8) is 0 Å². The van der Waals surface area contributed by atoms with Crippen LogP contribution in [0.25, 0.3) is 0 Å². The van der Waals surface area contributed by atoms with Crippen molar-refractivity contribution in [2.24, 2.45) is 0 Å². The van der Waals surface area contributed by atoms with E-state index in [4.69, 9.17) is 0 Å². The van der Waals surface area contributed by atoms with E-state index < -0.39 is 0 Å². The van der Waals surface area contributed by atoms with Gasteiger partial charge in [-0.1, -0.05) is 49.9 Å². The van der Waals surface area contributed by atoms with Gasteiger partial charge in [-0.15, -0.1) is 21.5 Å². The molecule has 5 heteroatoms. The lowest BCUT2D eigenvalue weighted by molar-refractivity contribution is 0.330. The SMILES string of the molecule is c1csc(Cc2nnc(SC3CCCC3)n2C2CCCCC2)c1. The molecule has 0 bridgehead atoms. The van der Waals surface area contributed by atoms with Crippen LogP contribution < -0.4 is 0 Å². The summed E-state index contributed by atoms with van der Waals surface area (Å²) in [6.07, 6.45) is 13.1. The summed E-state index contributed by atoms with van der Waals surface area (Å²) >= 11 is 3.83. The van der Waals surface area contributed by atoms with E-state index in [2.05, 4.69) is 32.3 Å². The molecule has 0 aliphatic heterocycles. The predicted molar refractivity (Wildman–Crippen MR) is 97.4 cm³/mol. The molecule has 2 aliphatic rings. The first-order chi connectivity index (χ1) is 11.4. The first kappa shape index (κ1) is 15.7. The molecule has 0 N–H and O–H groups in total. The summed E-state index contributed by atoms with van der Waals surface area (Å²) in [7, 11) is 0. The highest BCUT2D eigenvalue weighted by Gasteiger charge is 2.26. The molecule has 3 nitrogen and oxygen atoms in total. The number of hydrogen-bond donors (Lipinski definition) is 0. The number of rotatable bonds is 5.